The highest BCUT2D eigenvalue weighted by Gasteiger charge is 2.66. The van der Waals surface area contributed by atoms with E-state index in [1.807, 2.05) is 32.9 Å². The van der Waals surface area contributed by atoms with Crippen molar-refractivity contribution in [3.05, 3.63) is 23.8 Å². The number of carbonyl (C=O) groups is 2. The molecule has 0 aromatic carbocycles. The van der Waals surface area contributed by atoms with Gasteiger partial charge in [-0.1, -0.05) is 19.1 Å². The van der Waals surface area contributed by atoms with E-state index in [1.165, 1.54) is 0 Å². The number of aliphatic hydroxyl groups is 2. The largest absolute Gasteiger partial charge is 0.461 e. The Morgan fingerprint density at radius 3 is 2.59 bits per heavy atom. The van der Waals surface area contributed by atoms with E-state index < -0.39 is 16.4 Å². The lowest BCUT2D eigenvalue weighted by atomic mass is 9.47. The molecule has 0 amide bonds. The minimum atomic E-state index is -1.06. The fourth-order valence-electron chi connectivity index (χ4n) is 6.65. The minimum Gasteiger partial charge on any atom is -0.461 e. The summed E-state index contributed by atoms with van der Waals surface area (Å²) in [6.45, 7) is 7.68. The number of ether oxygens (including phenoxy) is 1. The van der Waals surface area contributed by atoms with Crippen molar-refractivity contribution in [1.82, 2.24) is 0 Å². The number of ketones is 1. The van der Waals surface area contributed by atoms with E-state index in [2.05, 4.69) is 6.92 Å². The summed E-state index contributed by atoms with van der Waals surface area (Å²) in [7, 11) is 0. The molecular formula is C24H34O5. The molecule has 0 bridgehead atoms. The number of fused-ring (bicyclic) bond motifs is 5. The van der Waals surface area contributed by atoms with E-state index >= 15 is 0 Å². The molecule has 0 heterocycles. The van der Waals surface area contributed by atoms with E-state index in [0.29, 0.717) is 12.8 Å². The van der Waals surface area contributed by atoms with Crippen LogP contribution in [0.2, 0.25) is 0 Å². The van der Waals surface area contributed by atoms with E-state index in [9.17, 15) is 19.8 Å². The number of hydrogen-bond acceptors (Lipinski definition) is 5. The van der Waals surface area contributed by atoms with Crippen LogP contribution in [0.25, 0.3) is 0 Å². The fourth-order valence-corrected chi connectivity index (χ4v) is 6.65. The number of rotatable bonds is 2. The highest BCUT2D eigenvalue weighted by atomic mass is 16.5. The van der Waals surface area contributed by atoms with Crippen molar-refractivity contribution >= 4 is 11.8 Å². The summed E-state index contributed by atoms with van der Waals surface area (Å²) in [4.78, 5) is 24.5. The summed E-state index contributed by atoms with van der Waals surface area (Å²) < 4.78 is 5.97. The van der Waals surface area contributed by atoms with Crippen molar-refractivity contribution in [2.24, 2.45) is 28.1 Å². The van der Waals surface area contributed by atoms with Crippen LogP contribution in [0.3, 0.4) is 0 Å². The lowest BCUT2D eigenvalue weighted by Crippen LogP contribution is -2.62. The van der Waals surface area contributed by atoms with Gasteiger partial charge in [0.2, 0.25) is 0 Å². The zero-order chi connectivity index (χ0) is 21.2. The Bertz CT molecular complexity index is 790. The molecule has 160 valence electrons. The molecule has 29 heavy (non-hydrogen) atoms. The van der Waals surface area contributed by atoms with Crippen LogP contribution in [-0.2, 0) is 14.3 Å². The molecular weight excluding hydrogens is 368 g/mol. The number of carbonyl (C=O) groups excluding carboxylic acids is 2. The molecule has 4 rings (SSSR count). The topological polar surface area (TPSA) is 83.8 Å². The molecule has 0 unspecified atom stereocenters. The van der Waals surface area contributed by atoms with Crippen molar-refractivity contribution in [3.8, 4) is 0 Å². The number of allylic oxidation sites excluding steroid dienone is 2. The van der Waals surface area contributed by atoms with Crippen molar-refractivity contribution in [1.29, 1.82) is 0 Å². The third-order valence-corrected chi connectivity index (χ3v) is 8.39. The summed E-state index contributed by atoms with van der Waals surface area (Å²) in [5, 5.41) is 22.4. The Morgan fingerprint density at radius 2 is 1.93 bits per heavy atom. The second kappa shape index (κ2) is 6.52. The van der Waals surface area contributed by atoms with Gasteiger partial charge in [-0.2, -0.15) is 0 Å². The van der Waals surface area contributed by atoms with Gasteiger partial charge >= 0.3 is 5.97 Å². The quantitative estimate of drug-likeness (QED) is 0.692. The third-order valence-electron chi connectivity index (χ3n) is 8.39. The molecule has 5 nitrogen and oxygen atoms in total. The van der Waals surface area contributed by atoms with Crippen LogP contribution in [0.4, 0.5) is 0 Å². The van der Waals surface area contributed by atoms with Crippen molar-refractivity contribution in [2.75, 3.05) is 6.61 Å². The van der Waals surface area contributed by atoms with E-state index in [0.717, 1.165) is 31.3 Å². The normalized spacial score (nSPS) is 43.9. The van der Waals surface area contributed by atoms with E-state index in [-0.39, 0.29) is 41.7 Å². The molecule has 0 radical (unpaired) electrons. The first-order chi connectivity index (χ1) is 13.5. The predicted molar refractivity (Wildman–Crippen MR) is 109 cm³/mol. The predicted octanol–water partition coefficient (Wildman–Crippen LogP) is 3.34. The van der Waals surface area contributed by atoms with Gasteiger partial charge in [0, 0.05) is 29.1 Å². The zero-order valence-electron chi connectivity index (χ0n) is 18.0. The van der Waals surface area contributed by atoms with Gasteiger partial charge in [0.1, 0.15) is 6.10 Å². The molecule has 0 spiro atoms. The molecule has 0 aliphatic heterocycles. The highest BCUT2D eigenvalue weighted by molar-refractivity contribution is 5.92. The number of aliphatic hydroxyl groups excluding tert-OH is 1. The molecule has 4 aliphatic rings. The van der Waals surface area contributed by atoms with Crippen molar-refractivity contribution in [2.45, 2.75) is 77.9 Å². The first-order valence-electron chi connectivity index (χ1n) is 11.0. The van der Waals surface area contributed by atoms with Gasteiger partial charge in [0.15, 0.2) is 5.78 Å². The molecule has 0 aromatic heterocycles. The van der Waals surface area contributed by atoms with Gasteiger partial charge in [-0.3, -0.25) is 9.59 Å². The smallest absolute Gasteiger partial charge is 0.311 e. The minimum absolute atomic E-state index is 0.0367. The average molecular weight is 403 g/mol. The average Bonchev–Trinajstić information content (AvgIpc) is 2.98. The van der Waals surface area contributed by atoms with Gasteiger partial charge in [0.25, 0.3) is 0 Å². The van der Waals surface area contributed by atoms with Crippen LogP contribution in [0, 0.1) is 28.1 Å². The van der Waals surface area contributed by atoms with Gasteiger partial charge in [-0.15, -0.1) is 0 Å². The molecule has 5 heteroatoms. The Kier molecular flexibility index (Phi) is 4.67. The maximum atomic E-state index is 12.5. The first kappa shape index (κ1) is 20.8. The molecule has 0 aromatic rings. The standard InChI is InChI=1S/C24H34O5/c1-21(2,3)20(27)29-19-6-5-17-22(19,4)10-9-18-23(14-25)11-8-16(26)13-15(23)7-12-24(17,18)28/h7,12-13,17-19,25,28H,5-6,8-11,14H2,1-4H3/t17-,18-,19+,22+,23-,24+/m1/s1. The first-order valence-corrected chi connectivity index (χ1v) is 11.0. The molecule has 6 atom stereocenters. The molecule has 2 saturated carbocycles. The Morgan fingerprint density at radius 1 is 1.21 bits per heavy atom. The van der Waals surface area contributed by atoms with Gasteiger partial charge in [-0.05, 0) is 64.5 Å². The van der Waals surface area contributed by atoms with Crippen LogP contribution in [0.15, 0.2) is 23.8 Å². The highest BCUT2D eigenvalue weighted by Crippen LogP contribution is 2.65. The Hall–Kier alpha value is -1.46. The van der Waals surface area contributed by atoms with Gasteiger partial charge < -0.3 is 14.9 Å². The van der Waals surface area contributed by atoms with Gasteiger partial charge in [0.05, 0.1) is 17.6 Å². The van der Waals surface area contributed by atoms with Crippen LogP contribution < -0.4 is 0 Å². The molecule has 4 aliphatic carbocycles. The number of esters is 1. The van der Waals surface area contributed by atoms with Crippen LogP contribution in [0.5, 0.6) is 0 Å². The summed E-state index contributed by atoms with van der Waals surface area (Å²) in [5.74, 6) is -0.264. The van der Waals surface area contributed by atoms with E-state index in [1.54, 1.807) is 6.08 Å². The summed E-state index contributed by atoms with van der Waals surface area (Å²) in [5.41, 5.74) is -1.60. The summed E-state index contributed by atoms with van der Waals surface area (Å²) in [6.07, 6.45) is 9.30. The maximum absolute atomic E-state index is 12.5. The lowest BCUT2D eigenvalue weighted by Gasteiger charge is -2.60. The van der Waals surface area contributed by atoms with Crippen molar-refractivity contribution < 1.29 is 24.5 Å². The Balaban J connectivity index is 1.69. The third kappa shape index (κ3) is 2.88. The van der Waals surface area contributed by atoms with Crippen molar-refractivity contribution in [3.63, 3.8) is 0 Å². The maximum Gasteiger partial charge on any atom is 0.311 e. The molecule has 2 fully saturated rings. The fraction of sp³-hybridized carbons (Fsp3) is 0.750. The summed E-state index contributed by atoms with van der Waals surface area (Å²) in [6, 6.07) is 0. The van der Waals surface area contributed by atoms with Crippen LogP contribution >= 0.6 is 0 Å². The second-order valence-electron chi connectivity index (χ2n) is 11.0. The monoisotopic (exact) mass is 402 g/mol. The summed E-state index contributed by atoms with van der Waals surface area (Å²) >= 11 is 0. The van der Waals surface area contributed by atoms with Crippen LogP contribution in [-0.4, -0.2) is 40.3 Å². The van der Waals surface area contributed by atoms with Crippen LogP contribution in [0.1, 0.15) is 66.2 Å². The number of hydrogen-bond donors (Lipinski definition) is 2. The molecule has 2 N–H and O–H groups in total. The zero-order valence-corrected chi connectivity index (χ0v) is 18.0. The second-order valence-corrected chi connectivity index (χ2v) is 11.0. The Labute approximate surface area is 173 Å². The lowest BCUT2D eigenvalue weighted by molar-refractivity contribution is -0.184. The molecule has 0 saturated heterocycles. The van der Waals surface area contributed by atoms with E-state index in [4.69, 9.17) is 4.74 Å². The SMILES string of the molecule is CC(C)(C)C(=O)O[C@H]1CC[C@H]2[C@@]3(O)C=CC4=CC(=O)CC[C@]4(CO)[C@H]3CC[C@]12C. The van der Waals surface area contributed by atoms with Gasteiger partial charge in [-0.25, -0.2) is 0 Å².